The molecule has 0 radical (unpaired) electrons. The number of carbonyl (C=O) groups is 1. The average Bonchev–Trinajstić information content (AvgIpc) is 3.15. The van der Waals surface area contributed by atoms with Crippen molar-refractivity contribution in [3.05, 3.63) is 58.9 Å². The number of nitrogens with zero attached hydrogens (tertiary/aromatic N) is 2. The molecule has 3 aromatic rings. The highest BCUT2D eigenvalue weighted by Crippen LogP contribution is 2.28. The molecule has 0 bridgehead atoms. The molecule has 0 N–H and O–H groups in total. The van der Waals surface area contributed by atoms with Crippen LogP contribution in [0.1, 0.15) is 23.2 Å². The van der Waals surface area contributed by atoms with Crippen molar-refractivity contribution in [2.75, 3.05) is 13.7 Å². The fourth-order valence-corrected chi connectivity index (χ4v) is 2.53. The molecule has 0 aliphatic carbocycles. The monoisotopic (exact) mass is 388 g/mol. The van der Waals surface area contributed by atoms with Crippen LogP contribution in [0.5, 0.6) is 11.5 Å². The zero-order valence-corrected chi connectivity index (χ0v) is 15.5. The maximum absolute atomic E-state index is 12.3. The summed E-state index contributed by atoms with van der Waals surface area (Å²) in [4.78, 5) is 16.5. The maximum Gasteiger partial charge on any atom is 0.338 e. The van der Waals surface area contributed by atoms with Crippen LogP contribution in [0.4, 0.5) is 0 Å². The van der Waals surface area contributed by atoms with Crippen LogP contribution in [-0.2, 0) is 11.3 Å². The zero-order valence-electron chi connectivity index (χ0n) is 14.8. The molecule has 0 unspecified atom stereocenters. The molecule has 0 saturated heterocycles. The van der Waals surface area contributed by atoms with Crippen LogP contribution >= 0.6 is 11.6 Å². The van der Waals surface area contributed by atoms with Crippen molar-refractivity contribution in [1.82, 2.24) is 10.1 Å². The lowest BCUT2D eigenvalue weighted by molar-refractivity contribution is 0.0429. The maximum atomic E-state index is 12.3. The molecule has 0 aliphatic rings. The highest BCUT2D eigenvalue weighted by atomic mass is 35.5. The van der Waals surface area contributed by atoms with Gasteiger partial charge < -0.3 is 18.7 Å². The van der Waals surface area contributed by atoms with Gasteiger partial charge in [-0.2, -0.15) is 4.98 Å². The molecule has 7 nitrogen and oxygen atoms in total. The van der Waals surface area contributed by atoms with E-state index in [9.17, 15) is 4.79 Å². The summed E-state index contributed by atoms with van der Waals surface area (Å²) in [5, 5.41) is 4.43. The normalized spacial score (nSPS) is 10.5. The Bertz CT molecular complexity index is 941. The van der Waals surface area contributed by atoms with Crippen molar-refractivity contribution in [3.63, 3.8) is 0 Å². The lowest BCUT2D eigenvalue weighted by Crippen LogP contribution is -2.06. The number of halogens is 1. The fourth-order valence-electron chi connectivity index (χ4n) is 2.34. The Morgan fingerprint density at radius 2 is 2.04 bits per heavy atom. The lowest BCUT2D eigenvalue weighted by atomic mass is 10.2. The predicted molar refractivity (Wildman–Crippen MR) is 98.0 cm³/mol. The van der Waals surface area contributed by atoms with Gasteiger partial charge in [0.05, 0.1) is 19.3 Å². The summed E-state index contributed by atoms with van der Waals surface area (Å²) in [6.07, 6.45) is 0. The number of ether oxygens (including phenoxy) is 3. The van der Waals surface area contributed by atoms with Gasteiger partial charge in [0, 0.05) is 10.6 Å². The molecule has 0 atom stereocenters. The van der Waals surface area contributed by atoms with E-state index in [1.807, 2.05) is 6.92 Å². The standard InChI is InChI=1S/C19H17ClN2O5/c1-3-25-16-10-13(7-8-15(16)24-2)19(23)26-11-17-21-18(22-27-17)12-5-4-6-14(20)9-12/h4-10H,3,11H2,1-2H3. The van der Waals surface area contributed by atoms with E-state index in [-0.39, 0.29) is 12.5 Å². The Morgan fingerprint density at radius 1 is 1.19 bits per heavy atom. The van der Waals surface area contributed by atoms with Gasteiger partial charge >= 0.3 is 5.97 Å². The first-order chi connectivity index (χ1) is 13.1. The minimum absolute atomic E-state index is 0.150. The van der Waals surface area contributed by atoms with Gasteiger partial charge in [-0.3, -0.25) is 0 Å². The summed E-state index contributed by atoms with van der Waals surface area (Å²) < 4.78 is 21.0. The van der Waals surface area contributed by atoms with Crippen molar-refractivity contribution < 1.29 is 23.5 Å². The molecule has 0 aliphatic heterocycles. The molecular weight excluding hydrogens is 372 g/mol. The Morgan fingerprint density at radius 3 is 2.78 bits per heavy atom. The predicted octanol–water partition coefficient (Wildman–Crippen LogP) is 4.15. The number of aromatic nitrogens is 2. The molecular formula is C19H17ClN2O5. The zero-order chi connectivity index (χ0) is 19.2. The van der Waals surface area contributed by atoms with Gasteiger partial charge in [0.15, 0.2) is 18.1 Å². The van der Waals surface area contributed by atoms with Crippen LogP contribution < -0.4 is 9.47 Å². The van der Waals surface area contributed by atoms with Crippen molar-refractivity contribution in [2.45, 2.75) is 13.5 Å². The van der Waals surface area contributed by atoms with Crippen LogP contribution in [-0.4, -0.2) is 29.8 Å². The summed E-state index contributed by atoms with van der Waals surface area (Å²) in [6, 6.07) is 11.9. The minimum Gasteiger partial charge on any atom is -0.493 e. The number of methoxy groups -OCH3 is 1. The van der Waals surface area contributed by atoms with Crippen molar-refractivity contribution in [3.8, 4) is 22.9 Å². The number of carbonyl (C=O) groups excluding carboxylic acids is 1. The van der Waals surface area contributed by atoms with Crippen molar-refractivity contribution in [2.24, 2.45) is 0 Å². The minimum atomic E-state index is -0.541. The number of esters is 1. The van der Waals surface area contributed by atoms with E-state index in [0.29, 0.717) is 40.1 Å². The number of hydrogen-bond donors (Lipinski definition) is 0. The summed E-state index contributed by atoms with van der Waals surface area (Å²) >= 11 is 5.95. The quantitative estimate of drug-likeness (QED) is 0.562. The summed E-state index contributed by atoms with van der Waals surface area (Å²) in [5.41, 5.74) is 1.04. The summed E-state index contributed by atoms with van der Waals surface area (Å²) in [7, 11) is 1.53. The van der Waals surface area contributed by atoms with E-state index >= 15 is 0 Å². The van der Waals surface area contributed by atoms with Gasteiger partial charge in [-0.15, -0.1) is 0 Å². The van der Waals surface area contributed by atoms with E-state index in [0.717, 1.165) is 0 Å². The van der Waals surface area contributed by atoms with Gasteiger partial charge in [0.25, 0.3) is 5.89 Å². The highest BCUT2D eigenvalue weighted by Gasteiger charge is 2.15. The first-order valence-electron chi connectivity index (χ1n) is 8.17. The SMILES string of the molecule is CCOc1cc(C(=O)OCc2nc(-c3cccc(Cl)c3)no2)ccc1OC. The first kappa shape index (κ1) is 18.7. The third-order valence-electron chi connectivity index (χ3n) is 3.58. The third kappa shape index (κ3) is 4.57. The summed E-state index contributed by atoms with van der Waals surface area (Å²) in [6.45, 7) is 2.14. The smallest absolute Gasteiger partial charge is 0.338 e. The molecule has 2 aromatic carbocycles. The van der Waals surface area contributed by atoms with Gasteiger partial charge in [-0.1, -0.05) is 28.9 Å². The van der Waals surface area contributed by atoms with Crippen LogP contribution in [0.2, 0.25) is 5.02 Å². The second kappa shape index (κ2) is 8.55. The molecule has 0 fully saturated rings. The highest BCUT2D eigenvalue weighted by molar-refractivity contribution is 6.30. The number of rotatable bonds is 7. The second-order valence-corrected chi connectivity index (χ2v) is 5.83. The van der Waals surface area contributed by atoms with E-state index in [1.54, 1.807) is 42.5 Å². The molecule has 8 heteroatoms. The van der Waals surface area contributed by atoms with Crippen LogP contribution in [0.3, 0.4) is 0 Å². The molecule has 1 heterocycles. The molecule has 140 valence electrons. The molecule has 27 heavy (non-hydrogen) atoms. The van der Waals surface area contributed by atoms with Gasteiger partial charge in [-0.25, -0.2) is 4.79 Å². The Balaban J connectivity index is 1.67. The van der Waals surface area contributed by atoms with Crippen LogP contribution in [0.15, 0.2) is 47.0 Å². The average molecular weight is 389 g/mol. The van der Waals surface area contributed by atoms with Crippen molar-refractivity contribution >= 4 is 17.6 Å². The van der Waals surface area contributed by atoms with Crippen LogP contribution in [0, 0.1) is 0 Å². The van der Waals surface area contributed by atoms with Crippen molar-refractivity contribution in [1.29, 1.82) is 0 Å². The topological polar surface area (TPSA) is 83.7 Å². The lowest BCUT2D eigenvalue weighted by Gasteiger charge is -2.10. The molecule has 3 rings (SSSR count). The fraction of sp³-hybridized carbons (Fsp3) is 0.211. The van der Waals surface area contributed by atoms with Gasteiger partial charge in [0.2, 0.25) is 5.82 Å². The molecule has 0 saturated carbocycles. The third-order valence-corrected chi connectivity index (χ3v) is 3.81. The Hall–Kier alpha value is -3.06. The van der Waals surface area contributed by atoms with Gasteiger partial charge in [0.1, 0.15) is 0 Å². The Kier molecular flexibility index (Phi) is 5.93. The summed E-state index contributed by atoms with van der Waals surface area (Å²) in [5.74, 6) is 1.01. The largest absolute Gasteiger partial charge is 0.493 e. The molecule has 0 spiro atoms. The molecule has 1 aromatic heterocycles. The number of hydrogen-bond acceptors (Lipinski definition) is 7. The first-order valence-corrected chi connectivity index (χ1v) is 8.55. The van der Waals surface area contributed by atoms with Crippen LogP contribution in [0.25, 0.3) is 11.4 Å². The molecule has 0 amide bonds. The van der Waals surface area contributed by atoms with E-state index in [4.69, 9.17) is 30.3 Å². The second-order valence-electron chi connectivity index (χ2n) is 5.40. The van der Waals surface area contributed by atoms with E-state index < -0.39 is 5.97 Å². The van der Waals surface area contributed by atoms with E-state index in [1.165, 1.54) is 7.11 Å². The Labute approximate surface area is 160 Å². The van der Waals surface area contributed by atoms with E-state index in [2.05, 4.69) is 10.1 Å². The number of benzene rings is 2. The van der Waals surface area contributed by atoms with Gasteiger partial charge in [-0.05, 0) is 37.3 Å².